The second-order valence-corrected chi connectivity index (χ2v) is 8.79. The fourth-order valence-corrected chi connectivity index (χ4v) is 5.18. The Morgan fingerprint density at radius 3 is 1.61 bits per heavy atom. The molecule has 28 heavy (non-hydrogen) atoms. The fraction of sp³-hybridized carbons (Fsp3) is 0.0769. The van der Waals surface area contributed by atoms with Gasteiger partial charge in [0, 0.05) is 0 Å². The molecule has 0 aliphatic rings. The van der Waals surface area contributed by atoms with E-state index in [2.05, 4.69) is 80.6 Å². The van der Waals surface area contributed by atoms with Gasteiger partial charge in [-0.15, -0.1) is 0 Å². The lowest BCUT2D eigenvalue weighted by Crippen LogP contribution is -2.06. The molecule has 0 saturated heterocycles. The summed E-state index contributed by atoms with van der Waals surface area (Å²) < 4.78 is 6.29. The van der Waals surface area contributed by atoms with Crippen LogP contribution in [0.25, 0.3) is 0 Å². The average molecular weight is 384 g/mol. The molecule has 0 heterocycles. The first-order valence-electron chi connectivity index (χ1n) is 9.40. The van der Waals surface area contributed by atoms with Gasteiger partial charge in [-0.05, 0) is 62.4 Å². The van der Waals surface area contributed by atoms with Gasteiger partial charge in [0.15, 0.2) is 15.5 Å². The van der Waals surface area contributed by atoms with Crippen molar-refractivity contribution in [1.82, 2.24) is 0 Å². The molecule has 0 N–H and O–H groups in total. The Kier molecular flexibility index (Phi) is 5.50. The molecule has 2 heteroatoms. The van der Waals surface area contributed by atoms with Crippen molar-refractivity contribution < 1.29 is 4.74 Å². The number of benzene rings is 4. The number of para-hydroxylation sites is 2. The van der Waals surface area contributed by atoms with Crippen LogP contribution < -0.4 is 4.74 Å². The molecular weight excluding hydrogens is 360 g/mol. The van der Waals surface area contributed by atoms with E-state index in [0.29, 0.717) is 0 Å². The summed E-state index contributed by atoms with van der Waals surface area (Å²) in [6, 6.07) is 36.0. The topological polar surface area (TPSA) is 9.23 Å². The zero-order chi connectivity index (χ0) is 19.3. The van der Waals surface area contributed by atoms with Crippen LogP contribution in [0.5, 0.6) is 11.5 Å². The molecule has 4 rings (SSSR count). The van der Waals surface area contributed by atoms with Crippen LogP contribution in [0.15, 0.2) is 118 Å². The Morgan fingerprint density at radius 1 is 0.536 bits per heavy atom. The zero-order valence-electron chi connectivity index (χ0n) is 16.1. The molecule has 0 fully saturated rings. The van der Waals surface area contributed by atoms with E-state index in [9.17, 15) is 0 Å². The highest BCUT2D eigenvalue weighted by atomic mass is 32.2. The summed E-state index contributed by atoms with van der Waals surface area (Å²) >= 11 is 0. The van der Waals surface area contributed by atoms with E-state index in [1.807, 2.05) is 36.4 Å². The molecule has 0 spiro atoms. The molecule has 0 aliphatic heterocycles. The van der Waals surface area contributed by atoms with Crippen LogP contribution in [0.2, 0.25) is 0 Å². The lowest BCUT2D eigenvalue weighted by molar-refractivity contribution is 0.470. The maximum absolute atomic E-state index is 6.29. The summed E-state index contributed by atoms with van der Waals surface area (Å²) in [5.74, 6) is 1.75. The van der Waals surface area contributed by atoms with E-state index >= 15 is 0 Å². The van der Waals surface area contributed by atoms with Crippen LogP contribution in [0, 0.1) is 13.8 Å². The highest BCUT2D eigenvalue weighted by Crippen LogP contribution is 2.38. The van der Waals surface area contributed by atoms with E-state index in [1.165, 1.54) is 25.8 Å². The average Bonchev–Trinajstić information content (AvgIpc) is 2.73. The Bertz CT molecular complexity index is 992. The minimum atomic E-state index is -0.241. The number of rotatable bonds is 5. The van der Waals surface area contributed by atoms with Gasteiger partial charge in [0.1, 0.15) is 16.6 Å². The number of hydrogen-bond donors (Lipinski definition) is 0. The normalized spacial score (nSPS) is 10.8. The third-order valence-electron chi connectivity index (χ3n) is 4.55. The van der Waals surface area contributed by atoms with Crippen LogP contribution >= 0.6 is 0 Å². The van der Waals surface area contributed by atoms with E-state index in [4.69, 9.17) is 4.74 Å². The Morgan fingerprint density at radius 2 is 1.04 bits per heavy atom. The van der Waals surface area contributed by atoms with Crippen molar-refractivity contribution in [2.75, 3.05) is 0 Å². The lowest BCUT2D eigenvalue weighted by Gasteiger charge is -2.13. The standard InChI is InChI=1S/C26H23OS/c1-20-12-16-23(17-13-20)28(24-18-14-21(2)15-19-24)26-11-7-6-10-25(26)27-22-8-4-3-5-9-22/h3-19H,1-2H3/q+1. The Balaban J connectivity index is 1.83. The second-order valence-electron chi connectivity index (χ2n) is 6.79. The molecular formula is C26H23OS+. The van der Waals surface area contributed by atoms with Gasteiger partial charge in [0.2, 0.25) is 4.90 Å². The second kappa shape index (κ2) is 8.37. The number of hydrogen-bond acceptors (Lipinski definition) is 1. The number of ether oxygens (including phenoxy) is 1. The van der Waals surface area contributed by atoms with Crippen LogP contribution in [0.1, 0.15) is 11.1 Å². The van der Waals surface area contributed by atoms with Gasteiger partial charge in [0.25, 0.3) is 0 Å². The summed E-state index contributed by atoms with van der Waals surface area (Å²) in [6.07, 6.45) is 0. The first kappa shape index (κ1) is 18.4. The van der Waals surface area contributed by atoms with Crippen molar-refractivity contribution >= 4 is 10.9 Å². The van der Waals surface area contributed by atoms with Crippen molar-refractivity contribution in [3.63, 3.8) is 0 Å². The first-order valence-corrected chi connectivity index (χ1v) is 10.6. The van der Waals surface area contributed by atoms with Crippen molar-refractivity contribution in [1.29, 1.82) is 0 Å². The maximum Gasteiger partial charge on any atom is 0.208 e. The molecule has 138 valence electrons. The minimum Gasteiger partial charge on any atom is -0.452 e. The summed E-state index contributed by atoms with van der Waals surface area (Å²) in [6.45, 7) is 4.25. The van der Waals surface area contributed by atoms with Crippen molar-refractivity contribution in [3.05, 3.63) is 114 Å². The quantitative estimate of drug-likeness (QED) is 0.331. The van der Waals surface area contributed by atoms with Crippen LogP contribution in [-0.2, 0) is 10.9 Å². The Labute approximate surface area is 170 Å². The predicted molar refractivity (Wildman–Crippen MR) is 117 cm³/mol. The monoisotopic (exact) mass is 383 g/mol. The third kappa shape index (κ3) is 4.13. The van der Waals surface area contributed by atoms with E-state index in [-0.39, 0.29) is 10.9 Å². The third-order valence-corrected chi connectivity index (χ3v) is 6.82. The molecule has 0 unspecified atom stereocenters. The first-order chi connectivity index (χ1) is 13.7. The smallest absolute Gasteiger partial charge is 0.208 e. The van der Waals surface area contributed by atoms with Crippen molar-refractivity contribution in [2.45, 2.75) is 28.5 Å². The van der Waals surface area contributed by atoms with Crippen LogP contribution in [0.3, 0.4) is 0 Å². The lowest BCUT2D eigenvalue weighted by atomic mass is 10.2. The van der Waals surface area contributed by atoms with Gasteiger partial charge in [0.05, 0.1) is 0 Å². The van der Waals surface area contributed by atoms with Crippen LogP contribution in [0.4, 0.5) is 0 Å². The summed E-state index contributed by atoms with van der Waals surface area (Å²) in [5.41, 5.74) is 2.54. The maximum atomic E-state index is 6.29. The van der Waals surface area contributed by atoms with E-state index in [1.54, 1.807) is 0 Å². The molecule has 0 aliphatic carbocycles. The largest absolute Gasteiger partial charge is 0.452 e. The highest BCUT2D eigenvalue weighted by Gasteiger charge is 2.32. The van der Waals surface area contributed by atoms with E-state index < -0.39 is 0 Å². The van der Waals surface area contributed by atoms with Gasteiger partial charge < -0.3 is 4.74 Å². The molecule has 0 saturated carbocycles. The van der Waals surface area contributed by atoms with Gasteiger partial charge >= 0.3 is 0 Å². The molecule has 0 bridgehead atoms. The van der Waals surface area contributed by atoms with Crippen molar-refractivity contribution in [3.8, 4) is 11.5 Å². The highest BCUT2D eigenvalue weighted by molar-refractivity contribution is 7.97. The molecule has 0 amide bonds. The minimum absolute atomic E-state index is 0.241. The van der Waals surface area contributed by atoms with Gasteiger partial charge in [-0.1, -0.05) is 65.7 Å². The van der Waals surface area contributed by atoms with Crippen LogP contribution in [-0.4, -0.2) is 0 Å². The molecule has 0 radical (unpaired) electrons. The predicted octanol–water partition coefficient (Wildman–Crippen LogP) is 7.19. The summed E-state index contributed by atoms with van der Waals surface area (Å²) in [5, 5.41) is 0. The summed E-state index contributed by atoms with van der Waals surface area (Å²) in [7, 11) is -0.241. The molecule has 1 nitrogen and oxygen atoms in total. The molecule has 4 aromatic carbocycles. The van der Waals surface area contributed by atoms with Gasteiger partial charge in [-0.3, -0.25) is 0 Å². The van der Waals surface area contributed by atoms with Crippen molar-refractivity contribution in [2.24, 2.45) is 0 Å². The zero-order valence-corrected chi connectivity index (χ0v) is 16.9. The Hall–Kier alpha value is -2.97. The fourth-order valence-electron chi connectivity index (χ4n) is 3.06. The van der Waals surface area contributed by atoms with Gasteiger partial charge in [-0.2, -0.15) is 0 Å². The SMILES string of the molecule is Cc1ccc([S+](c2ccc(C)cc2)c2ccccc2Oc2ccccc2)cc1. The molecule has 0 aromatic heterocycles. The van der Waals surface area contributed by atoms with Gasteiger partial charge in [-0.25, -0.2) is 0 Å². The number of aryl methyl sites for hydroxylation is 2. The summed E-state index contributed by atoms with van der Waals surface area (Å²) in [4.78, 5) is 3.77. The van der Waals surface area contributed by atoms with E-state index in [0.717, 1.165) is 11.5 Å². The molecule has 4 aromatic rings. The molecule has 0 atom stereocenters.